The Bertz CT molecular complexity index is 626. The van der Waals surface area contributed by atoms with Gasteiger partial charge in [-0.05, 0) is 45.1 Å². The summed E-state index contributed by atoms with van der Waals surface area (Å²) < 4.78 is 0. The standard InChI is InChI=1S/C17H33N7O5S/c1-9(18)13(25)22-10(2)14(26)23-11(5-4-7-21-17(19)20)15(27)24-12(16(28)29)6-8-30-3/h9-12H,4-8,18H2,1-3H3,(H,22,25)(H,23,26)(H,24,27)(H,28,29)(H4,19,20,21). The SMILES string of the molecule is CSCCC(NC(=O)C(CCCN=C(N)N)NC(=O)C(C)NC(=O)C(C)N)C(=O)O. The maximum Gasteiger partial charge on any atom is 0.326 e. The molecule has 12 nitrogen and oxygen atoms in total. The average Bonchev–Trinajstić information content (AvgIpc) is 2.66. The van der Waals surface area contributed by atoms with Crippen molar-refractivity contribution in [1.29, 1.82) is 0 Å². The summed E-state index contributed by atoms with van der Waals surface area (Å²) in [4.78, 5) is 52.0. The van der Waals surface area contributed by atoms with E-state index in [9.17, 15) is 24.3 Å². The zero-order valence-electron chi connectivity index (χ0n) is 17.5. The van der Waals surface area contributed by atoms with E-state index in [1.165, 1.54) is 25.6 Å². The summed E-state index contributed by atoms with van der Waals surface area (Å²) in [6.07, 6.45) is 2.58. The van der Waals surface area contributed by atoms with Crippen LogP contribution in [-0.2, 0) is 19.2 Å². The molecule has 0 aliphatic carbocycles. The highest BCUT2D eigenvalue weighted by Gasteiger charge is 2.28. The van der Waals surface area contributed by atoms with Crippen LogP contribution in [0, 0.1) is 0 Å². The van der Waals surface area contributed by atoms with Gasteiger partial charge in [0.2, 0.25) is 17.7 Å². The van der Waals surface area contributed by atoms with E-state index in [2.05, 4.69) is 20.9 Å². The first-order chi connectivity index (χ1) is 14.0. The smallest absolute Gasteiger partial charge is 0.326 e. The molecule has 172 valence electrons. The van der Waals surface area contributed by atoms with Gasteiger partial charge in [-0.15, -0.1) is 0 Å². The van der Waals surface area contributed by atoms with E-state index in [1.54, 1.807) is 0 Å². The molecule has 30 heavy (non-hydrogen) atoms. The Kier molecular flexibility index (Phi) is 13.2. The van der Waals surface area contributed by atoms with Crippen LogP contribution < -0.4 is 33.2 Å². The fourth-order valence-electron chi connectivity index (χ4n) is 2.24. The molecular formula is C17H33N7O5S. The molecule has 0 aliphatic rings. The lowest BCUT2D eigenvalue weighted by atomic mass is 10.1. The monoisotopic (exact) mass is 447 g/mol. The van der Waals surface area contributed by atoms with E-state index in [0.29, 0.717) is 12.2 Å². The van der Waals surface area contributed by atoms with E-state index < -0.39 is 47.9 Å². The van der Waals surface area contributed by atoms with E-state index >= 15 is 0 Å². The lowest BCUT2D eigenvalue weighted by molar-refractivity contribution is -0.142. The van der Waals surface area contributed by atoms with Gasteiger partial charge >= 0.3 is 5.97 Å². The number of carboxylic acid groups (broad SMARTS) is 1. The quantitative estimate of drug-likeness (QED) is 0.0864. The van der Waals surface area contributed by atoms with Crippen molar-refractivity contribution in [3.05, 3.63) is 0 Å². The third-order valence-corrected chi connectivity index (χ3v) is 4.61. The Labute approximate surface area is 180 Å². The first-order valence-electron chi connectivity index (χ1n) is 9.43. The molecule has 0 saturated carbocycles. The lowest BCUT2D eigenvalue weighted by Gasteiger charge is -2.23. The van der Waals surface area contributed by atoms with Gasteiger partial charge in [-0.25, -0.2) is 4.79 Å². The van der Waals surface area contributed by atoms with Crippen molar-refractivity contribution in [3.8, 4) is 0 Å². The molecule has 13 heteroatoms. The Morgan fingerprint density at radius 1 is 0.967 bits per heavy atom. The number of nitrogens with two attached hydrogens (primary N) is 3. The molecule has 4 atom stereocenters. The number of amides is 3. The van der Waals surface area contributed by atoms with E-state index in [-0.39, 0.29) is 25.3 Å². The molecular weight excluding hydrogens is 414 g/mol. The molecule has 3 amide bonds. The van der Waals surface area contributed by atoms with Crippen molar-refractivity contribution in [2.75, 3.05) is 18.6 Å². The second-order valence-corrected chi connectivity index (χ2v) is 7.70. The van der Waals surface area contributed by atoms with Crippen molar-refractivity contribution < 1.29 is 24.3 Å². The van der Waals surface area contributed by atoms with Gasteiger partial charge in [0.25, 0.3) is 0 Å². The highest BCUT2D eigenvalue weighted by molar-refractivity contribution is 7.98. The summed E-state index contributed by atoms with van der Waals surface area (Å²) in [5.41, 5.74) is 16.0. The highest BCUT2D eigenvalue weighted by atomic mass is 32.2. The van der Waals surface area contributed by atoms with Gasteiger partial charge < -0.3 is 38.3 Å². The number of nitrogens with zero attached hydrogens (tertiary/aromatic N) is 1. The first kappa shape index (κ1) is 27.5. The number of carbonyl (C=O) groups excluding carboxylic acids is 3. The van der Waals surface area contributed by atoms with Crippen molar-refractivity contribution >= 4 is 41.4 Å². The Morgan fingerprint density at radius 2 is 1.57 bits per heavy atom. The number of rotatable bonds is 14. The molecule has 10 N–H and O–H groups in total. The van der Waals surface area contributed by atoms with Crippen LogP contribution in [0.3, 0.4) is 0 Å². The van der Waals surface area contributed by atoms with E-state index in [0.717, 1.165) is 0 Å². The first-order valence-corrected chi connectivity index (χ1v) is 10.8. The zero-order chi connectivity index (χ0) is 23.3. The fraction of sp³-hybridized carbons (Fsp3) is 0.706. The maximum atomic E-state index is 12.6. The molecule has 0 aromatic carbocycles. The molecule has 0 bridgehead atoms. The number of aliphatic imine (C=N–C) groups is 1. The molecule has 0 saturated heterocycles. The fourth-order valence-corrected chi connectivity index (χ4v) is 2.72. The number of hydrogen-bond donors (Lipinski definition) is 7. The predicted molar refractivity (Wildman–Crippen MR) is 116 cm³/mol. The van der Waals surface area contributed by atoms with Crippen molar-refractivity contribution in [2.24, 2.45) is 22.2 Å². The van der Waals surface area contributed by atoms with Gasteiger partial charge in [0, 0.05) is 6.54 Å². The lowest BCUT2D eigenvalue weighted by Crippen LogP contribution is -2.56. The summed E-state index contributed by atoms with van der Waals surface area (Å²) in [6, 6.07) is -3.86. The van der Waals surface area contributed by atoms with Crippen LogP contribution in [0.2, 0.25) is 0 Å². The van der Waals surface area contributed by atoms with Gasteiger partial charge in [-0.2, -0.15) is 11.8 Å². The van der Waals surface area contributed by atoms with Crippen LogP contribution >= 0.6 is 11.8 Å². The number of aliphatic carboxylic acids is 1. The van der Waals surface area contributed by atoms with E-state index in [1.807, 2.05) is 6.26 Å². The molecule has 0 fully saturated rings. The predicted octanol–water partition coefficient (Wildman–Crippen LogP) is -2.30. The minimum Gasteiger partial charge on any atom is -0.480 e. The number of carbonyl (C=O) groups is 4. The molecule has 0 aliphatic heterocycles. The van der Waals surface area contributed by atoms with Crippen LogP contribution in [0.4, 0.5) is 0 Å². The highest BCUT2D eigenvalue weighted by Crippen LogP contribution is 2.05. The van der Waals surface area contributed by atoms with E-state index in [4.69, 9.17) is 17.2 Å². The van der Waals surface area contributed by atoms with Crippen LogP contribution in [0.1, 0.15) is 33.1 Å². The van der Waals surface area contributed by atoms with Gasteiger partial charge in [0.15, 0.2) is 5.96 Å². The Morgan fingerprint density at radius 3 is 2.07 bits per heavy atom. The Hall–Kier alpha value is -2.54. The zero-order valence-corrected chi connectivity index (χ0v) is 18.3. The van der Waals surface area contributed by atoms with Gasteiger partial charge in [0.1, 0.15) is 18.1 Å². The molecule has 0 aromatic heterocycles. The van der Waals surface area contributed by atoms with Gasteiger partial charge in [0.05, 0.1) is 6.04 Å². The van der Waals surface area contributed by atoms with Crippen LogP contribution in [0.5, 0.6) is 0 Å². The van der Waals surface area contributed by atoms with Gasteiger partial charge in [-0.1, -0.05) is 0 Å². The van der Waals surface area contributed by atoms with Crippen molar-refractivity contribution in [2.45, 2.75) is 57.3 Å². The molecule has 0 radical (unpaired) electrons. The molecule has 4 unspecified atom stereocenters. The summed E-state index contributed by atoms with van der Waals surface area (Å²) in [5.74, 6) is -2.50. The number of thioether (sulfide) groups is 1. The number of hydrogen-bond acceptors (Lipinski definition) is 7. The normalized spacial score (nSPS) is 14.5. The third-order valence-electron chi connectivity index (χ3n) is 3.97. The summed E-state index contributed by atoms with van der Waals surface area (Å²) in [7, 11) is 0. The Balaban J connectivity index is 5.16. The second kappa shape index (κ2) is 14.4. The largest absolute Gasteiger partial charge is 0.480 e. The van der Waals surface area contributed by atoms with Crippen LogP contribution in [-0.4, -0.2) is 77.5 Å². The minimum absolute atomic E-state index is 0.102. The van der Waals surface area contributed by atoms with Crippen molar-refractivity contribution in [1.82, 2.24) is 16.0 Å². The van der Waals surface area contributed by atoms with Crippen LogP contribution in [0.15, 0.2) is 4.99 Å². The summed E-state index contributed by atoms with van der Waals surface area (Å²) in [6.45, 7) is 3.15. The second-order valence-electron chi connectivity index (χ2n) is 6.71. The molecule has 0 rings (SSSR count). The van der Waals surface area contributed by atoms with Gasteiger partial charge in [-0.3, -0.25) is 19.4 Å². The minimum atomic E-state index is -1.17. The number of nitrogens with one attached hydrogen (secondary N) is 3. The maximum absolute atomic E-state index is 12.6. The topological polar surface area (TPSA) is 215 Å². The van der Waals surface area contributed by atoms with Crippen molar-refractivity contribution in [3.63, 3.8) is 0 Å². The molecule has 0 spiro atoms. The molecule has 0 aromatic rings. The third kappa shape index (κ3) is 11.5. The number of guanidine groups is 1. The summed E-state index contributed by atoms with van der Waals surface area (Å²) >= 11 is 1.45. The number of carboxylic acids is 1. The molecule has 0 heterocycles. The van der Waals surface area contributed by atoms with Crippen LogP contribution in [0.25, 0.3) is 0 Å². The summed E-state index contributed by atoms with van der Waals surface area (Å²) in [5, 5.41) is 16.7. The average molecular weight is 448 g/mol.